The van der Waals surface area contributed by atoms with Crippen LogP contribution in [0, 0.1) is 5.82 Å². The molecule has 2 nitrogen and oxygen atoms in total. The molecule has 0 unspecified atom stereocenters. The summed E-state index contributed by atoms with van der Waals surface area (Å²) in [6, 6.07) is 14.7. The minimum absolute atomic E-state index is 0.254. The fourth-order valence-corrected chi connectivity index (χ4v) is 1.70. The van der Waals surface area contributed by atoms with Crippen LogP contribution in [0.2, 0.25) is 0 Å². The normalized spacial score (nSPS) is 10.2. The Labute approximate surface area is 100 Å². The second-order valence-electron chi connectivity index (χ2n) is 3.84. The maximum absolute atomic E-state index is 13.0. The van der Waals surface area contributed by atoms with E-state index in [0.29, 0.717) is 13.1 Å². The minimum Gasteiger partial charge on any atom is -0.381 e. The molecule has 3 heteroatoms. The molecule has 0 radical (unpaired) electrons. The van der Waals surface area contributed by atoms with Crippen LogP contribution < -0.4 is 11.1 Å². The van der Waals surface area contributed by atoms with Crippen molar-refractivity contribution in [1.29, 1.82) is 0 Å². The molecule has 17 heavy (non-hydrogen) atoms. The summed E-state index contributed by atoms with van der Waals surface area (Å²) in [6.45, 7) is 1.04. The van der Waals surface area contributed by atoms with Gasteiger partial charge in [-0.25, -0.2) is 4.39 Å². The molecule has 0 aliphatic carbocycles. The highest BCUT2D eigenvalue weighted by Crippen LogP contribution is 2.17. The zero-order valence-electron chi connectivity index (χ0n) is 9.49. The van der Waals surface area contributed by atoms with E-state index in [1.165, 1.54) is 17.7 Å². The molecule has 3 N–H and O–H groups in total. The molecule has 0 aromatic heterocycles. The number of benzene rings is 2. The molecular formula is C14H15FN2. The molecule has 2 aromatic rings. The van der Waals surface area contributed by atoms with Crippen LogP contribution >= 0.6 is 0 Å². The number of nitrogens with two attached hydrogens (primary N) is 1. The Morgan fingerprint density at radius 3 is 2.53 bits per heavy atom. The first-order chi connectivity index (χ1) is 8.29. The predicted molar refractivity (Wildman–Crippen MR) is 68.1 cm³/mol. The van der Waals surface area contributed by atoms with Crippen molar-refractivity contribution in [1.82, 2.24) is 0 Å². The van der Waals surface area contributed by atoms with Gasteiger partial charge in [0.25, 0.3) is 0 Å². The van der Waals surface area contributed by atoms with Gasteiger partial charge < -0.3 is 11.1 Å². The molecule has 0 aliphatic rings. The average molecular weight is 230 g/mol. The Balaban J connectivity index is 2.09. The maximum Gasteiger partial charge on any atom is 0.123 e. The summed E-state index contributed by atoms with van der Waals surface area (Å²) in [6.07, 6.45) is 0. The SMILES string of the molecule is NCc1cc(F)ccc1NCc1ccccc1. The largest absolute Gasteiger partial charge is 0.381 e. The molecule has 88 valence electrons. The number of nitrogens with one attached hydrogen (secondary N) is 1. The van der Waals surface area contributed by atoms with Crippen molar-refractivity contribution >= 4 is 5.69 Å². The summed E-state index contributed by atoms with van der Waals surface area (Å²) in [5, 5.41) is 3.26. The number of hydrogen-bond acceptors (Lipinski definition) is 2. The van der Waals surface area contributed by atoms with Crippen LogP contribution in [0.25, 0.3) is 0 Å². The van der Waals surface area contributed by atoms with Gasteiger partial charge in [-0.15, -0.1) is 0 Å². The summed E-state index contributed by atoms with van der Waals surface area (Å²) in [5.41, 5.74) is 8.44. The third-order valence-electron chi connectivity index (χ3n) is 2.61. The maximum atomic E-state index is 13.0. The second-order valence-corrected chi connectivity index (χ2v) is 3.84. The Kier molecular flexibility index (Phi) is 3.73. The summed E-state index contributed by atoms with van der Waals surface area (Å²) in [4.78, 5) is 0. The van der Waals surface area contributed by atoms with Gasteiger partial charge >= 0.3 is 0 Å². The van der Waals surface area contributed by atoms with Gasteiger partial charge in [0.15, 0.2) is 0 Å². The van der Waals surface area contributed by atoms with Crippen molar-refractivity contribution in [2.45, 2.75) is 13.1 Å². The van der Waals surface area contributed by atoms with Gasteiger partial charge in [-0.3, -0.25) is 0 Å². The zero-order chi connectivity index (χ0) is 12.1. The smallest absolute Gasteiger partial charge is 0.123 e. The van der Waals surface area contributed by atoms with E-state index in [9.17, 15) is 4.39 Å². The highest BCUT2D eigenvalue weighted by Gasteiger charge is 2.02. The second kappa shape index (κ2) is 5.46. The summed E-state index contributed by atoms with van der Waals surface area (Å²) in [7, 11) is 0. The fourth-order valence-electron chi connectivity index (χ4n) is 1.70. The van der Waals surface area contributed by atoms with Gasteiger partial charge in [0.2, 0.25) is 0 Å². The molecule has 0 spiro atoms. The third kappa shape index (κ3) is 3.04. The molecular weight excluding hydrogens is 215 g/mol. The van der Waals surface area contributed by atoms with Crippen LogP contribution in [0.5, 0.6) is 0 Å². The summed E-state index contributed by atoms with van der Waals surface area (Å²) < 4.78 is 13.0. The summed E-state index contributed by atoms with van der Waals surface area (Å²) in [5.74, 6) is -0.254. The van der Waals surface area contributed by atoms with Crippen LogP contribution in [0.15, 0.2) is 48.5 Å². The number of halogens is 1. The van der Waals surface area contributed by atoms with E-state index in [1.54, 1.807) is 6.07 Å². The Bertz CT molecular complexity index is 483. The van der Waals surface area contributed by atoms with E-state index in [2.05, 4.69) is 5.32 Å². The highest BCUT2D eigenvalue weighted by atomic mass is 19.1. The lowest BCUT2D eigenvalue weighted by Gasteiger charge is -2.11. The van der Waals surface area contributed by atoms with Gasteiger partial charge in [-0.2, -0.15) is 0 Å². The van der Waals surface area contributed by atoms with Crippen LogP contribution in [-0.2, 0) is 13.1 Å². The molecule has 0 amide bonds. The zero-order valence-corrected chi connectivity index (χ0v) is 9.49. The number of hydrogen-bond donors (Lipinski definition) is 2. The molecule has 0 saturated carbocycles. The quantitative estimate of drug-likeness (QED) is 0.847. The minimum atomic E-state index is -0.254. The van der Waals surface area contributed by atoms with Crippen LogP contribution in [0.4, 0.5) is 10.1 Å². The van der Waals surface area contributed by atoms with Crippen LogP contribution in [0.1, 0.15) is 11.1 Å². The first-order valence-electron chi connectivity index (χ1n) is 5.56. The Morgan fingerprint density at radius 1 is 1.06 bits per heavy atom. The first-order valence-corrected chi connectivity index (χ1v) is 5.56. The van der Waals surface area contributed by atoms with Crippen molar-refractivity contribution in [2.24, 2.45) is 5.73 Å². The van der Waals surface area contributed by atoms with E-state index in [0.717, 1.165) is 11.3 Å². The first kappa shape index (κ1) is 11.6. The standard InChI is InChI=1S/C14H15FN2/c15-13-6-7-14(12(8-13)9-16)17-10-11-4-2-1-3-5-11/h1-8,17H,9-10,16H2. The van der Waals surface area contributed by atoms with Gasteiger partial charge in [0.05, 0.1) is 0 Å². The molecule has 0 bridgehead atoms. The van der Waals surface area contributed by atoms with Crippen molar-refractivity contribution in [2.75, 3.05) is 5.32 Å². The highest BCUT2D eigenvalue weighted by molar-refractivity contribution is 5.51. The number of rotatable bonds is 4. The van der Waals surface area contributed by atoms with Gasteiger partial charge in [0.1, 0.15) is 5.82 Å². The third-order valence-corrected chi connectivity index (χ3v) is 2.61. The fraction of sp³-hybridized carbons (Fsp3) is 0.143. The molecule has 0 saturated heterocycles. The van der Waals surface area contributed by atoms with Gasteiger partial charge in [0, 0.05) is 18.8 Å². The van der Waals surface area contributed by atoms with E-state index in [4.69, 9.17) is 5.73 Å². The lowest BCUT2D eigenvalue weighted by Crippen LogP contribution is -2.06. The van der Waals surface area contributed by atoms with Crippen molar-refractivity contribution < 1.29 is 4.39 Å². The van der Waals surface area contributed by atoms with Crippen molar-refractivity contribution in [3.63, 3.8) is 0 Å². The molecule has 0 aliphatic heterocycles. The van der Waals surface area contributed by atoms with E-state index < -0.39 is 0 Å². The van der Waals surface area contributed by atoms with E-state index in [1.807, 2.05) is 30.3 Å². The average Bonchev–Trinajstić information content (AvgIpc) is 2.38. The Morgan fingerprint density at radius 2 is 1.82 bits per heavy atom. The lowest BCUT2D eigenvalue weighted by atomic mass is 10.1. The molecule has 2 aromatic carbocycles. The molecule has 0 heterocycles. The lowest BCUT2D eigenvalue weighted by molar-refractivity contribution is 0.625. The summed E-state index contributed by atoms with van der Waals surface area (Å²) >= 11 is 0. The molecule has 2 rings (SSSR count). The van der Waals surface area contributed by atoms with Crippen LogP contribution in [0.3, 0.4) is 0 Å². The van der Waals surface area contributed by atoms with Crippen molar-refractivity contribution in [3.8, 4) is 0 Å². The van der Waals surface area contributed by atoms with Gasteiger partial charge in [-0.05, 0) is 29.3 Å². The number of anilines is 1. The predicted octanol–water partition coefficient (Wildman–Crippen LogP) is 2.90. The molecule has 0 fully saturated rings. The van der Waals surface area contributed by atoms with Crippen LogP contribution in [-0.4, -0.2) is 0 Å². The Hall–Kier alpha value is -1.87. The molecule has 0 atom stereocenters. The monoisotopic (exact) mass is 230 g/mol. The van der Waals surface area contributed by atoms with Crippen molar-refractivity contribution in [3.05, 3.63) is 65.5 Å². The van der Waals surface area contributed by atoms with E-state index >= 15 is 0 Å². The topological polar surface area (TPSA) is 38.0 Å². The van der Waals surface area contributed by atoms with E-state index in [-0.39, 0.29) is 5.82 Å². The van der Waals surface area contributed by atoms with Gasteiger partial charge in [-0.1, -0.05) is 30.3 Å².